The maximum atomic E-state index is 13.1. The molecular weight excluding hydrogens is 475 g/mol. The average molecular weight is 510 g/mol. The molecule has 0 aliphatic carbocycles. The second-order valence-corrected chi connectivity index (χ2v) is 10.7. The monoisotopic (exact) mass is 509 g/mol. The Kier molecular flexibility index (Phi) is 9.61. The van der Waals surface area contributed by atoms with Crippen LogP contribution in [0.1, 0.15) is 37.6 Å². The minimum atomic E-state index is -4.29. The summed E-state index contributed by atoms with van der Waals surface area (Å²) in [7, 11) is -0.436. The Morgan fingerprint density at radius 1 is 1.24 bits per heavy atom. The van der Waals surface area contributed by atoms with Crippen molar-refractivity contribution in [2.24, 2.45) is 5.92 Å². The molecule has 1 aliphatic heterocycles. The molecule has 34 heavy (non-hydrogen) atoms. The van der Waals surface area contributed by atoms with Crippen molar-refractivity contribution >= 4 is 21.6 Å². The van der Waals surface area contributed by atoms with Crippen molar-refractivity contribution < 1.29 is 35.9 Å². The van der Waals surface area contributed by atoms with E-state index in [0.29, 0.717) is 6.54 Å². The summed E-state index contributed by atoms with van der Waals surface area (Å²) >= 11 is 0. The summed E-state index contributed by atoms with van der Waals surface area (Å²) in [5, 5.41) is 0. The number of halogens is 3. The maximum Gasteiger partial charge on any atom is 0.390 e. The van der Waals surface area contributed by atoms with Crippen molar-refractivity contribution in [3.05, 3.63) is 23.8 Å². The van der Waals surface area contributed by atoms with Gasteiger partial charge in [0.2, 0.25) is 10.0 Å². The molecule has 1 N–H and O–H groups in total. The average Bonchev–Trinajstić information content (AvgIpc) is 2.76. The summed E-state index contributed by atoms with van der Waals surface area (Å²) in [6.07, 6.45) is -5.65. The van der Waals surface area contributed by atoms with Crippen molar-refractivity contribution in [2.45, 2.75) is 45.5 Å². The van der Waals surface area contributed by atoms with Gasteiger partial charge in [0.05, 0.1) is 29.5 Å². The lowest BCUT2D eigenvalue weighted by atomic mass is 10.0. The van der Waals surface area contributed by atoms with Gasteiger partial charge in [0.25, 0.3) is 5.91 Å². The number of alkyl halides is 3. The standard InChI is InChI=1S/C22H34F3N3O5S/c1-6-34(30,31)26-17-7-8-18-19(11-17)33-14-16(3)28(10-9-22(23,24)25)12-15(2)20(32-5)13-27(4)21(18)29/h7-8,11,15-16,20,26H,6,9-10,12-14H2,1-5H3/t15-,16-,20-/m1/s1. The van der Waals surface area contributed by atoms with Crippen molar-refractivity contribution in [1.29, 1.82) is 0 Å². The van der Waals surface area contributed by atoms with Crippen molar-refractivity contribution in [2.75, 3.05) is 50.9 Å². The summed E-state index contributed by atoms with van der Waals surface area (Å²) in [6.45, 7) is 5.49. The van der Waals surface area contributed by atoms with Gasteiger partial charge in [-0.05, 0) is 31.9 Å². The van der Waals surface area contributed by atoms with Crippen LogP contribution in [0.25, 0.3) is 0 Å². The highest BCUT2D eigenvalue weighted by atomic mass is 32.2. The molecule has 0 saturated carbocycles. The molecule has 0 saturated heterocycles. The van der Waals surface area contributed by atoms with Crippen molar-refractivity contribution in [3.63, 3.8) is 0 Å². The molecule has 194 valence electrons. The highest BCUT2D eigenvalue weighted by molar-refractivity contribution is 7.92. The van der Waals surface area contributed by atoms with E-state index >= 15 is 0 Å². The number of carbonyl (C=O) groups is 1. The zero-order chi connectivity index (χ0) is 25.7. The van der Waals surface area contributed by atoms with Crippen molar-refractivity contribution in [1.82, 2.24) is 9.80 Å². The third-order valence-corrected chi connectivity index (χ3v) is 7.22. The number of likely N-dealkylation sites (N-methyl/N-ethyl adjacent to an activating group) is 1. The van der Waals surface area contributed by atoms with E-state index in [2.05, 4.69) is 4.72 Å². The Bertz CT molecular complexity index is 942. The molecule has 0 fully saturated rings. The van der Waals surface area contributed by atoms with Crippen LogP contribution in [-0.4, -0.2) is 88.6 Å². The summed E-state index contributed by atoms with van der Waals surface area (Å²) in [5.41, 5.74) is 0.451. The van der Waals surface area contributed by atoms with Gasteiger partial charge in [0, 0.05) is 45.9 Å². The zero-order valence-electron chi connectivity index (χ0n) is 20.2. The van der Waals surface area contributed by atoms with Crippen LogP contribution in [0.3, 0.4) is 0 Å². The van der Waals surface area contributed by atoms with E-state index in [9.17, 15) is 26.4 Å². The summed E-state index contributed by atoms with van der Waals surface area (Å²) in [6, 6.07) is 3.97. The molecule has 1 aromatic carbocycles. The molecular formula is C22H34F3N3O5S. The number of anilines is 1. The predicted molar refractivity (Wildman–Crippen MR) is 124 cm³/mol. The second kappa shape index (κ2) is 11.6. The fraction of sp³-hybridized carbons (Fsp3) is 0.682. The van der Waals surface area contributed by atoms with Crippen LogP contribution in [0.2, 0.25) is 0 Å². The number of methoxy groups -OCH3 is 1. The first-order valence-corrected chi connectivity index (χ1v) is 12.8. The van der Waals surface area contributed by atoms with Gasteiger partial charge in [-0.1, -0.05) is 6.92 Å². The largest absolute Gasteiger partial charge is 0.491 e. The molecule has 3 atom stereocenters. The fourth-order valence-electron chi connectivity index (χ4n) is 3.74. The van der Waals surface area contributed by atoms with Gasteiger partial charge in [-0.2, -0.15) is 13.2 Å². The normalized spacial score (nSPS) is 23.5. The quantitative estimate of drug-likeness (QED) is 0.634. The number of hydrogen-bond donors (Lipinski definition) is 1. The molecule has 2 rings (SSSR count). The number of carbonyl (C=O) groups excluding carboxylic acids is 1. The third-order valence-electron chi connectivity index (χ3n) is 5.91. The molecule has 0 radical (unpaired) electrons. The Labute approximate surface area is 199 Å². The highest BCUT2D eigenvalue weighted by Gasteiger charge is 2.32. The van der Waals surface area contributed by atoms with E-state index in [1.165, 1.54) is 37.1 Å². The van der Waals surface area contributed by atoms with Gasteiger partial charge in [0.15, 0.2) is 0 Å². The number of rotatable bonds is 6. The van der Waals surface area contributed by atoms with E-state index in [1.54, 1.807) is 18.9 Å². The lowest BCUT2D eigenvalue weighted by molar-refractivity contribution is -0.140. The lowest BCUT2D eigenvalue weighted by Crippen LogP contribution is -2.47. The van der Waals surface area contributed by atoms with Gasteiger partial charge in [-0.25, -0.2) is 8.42 Å². The smallest absolute Gasteiger partial charge is 0.390 e. The molecule has 0 spiro atoms. The van der Waals surface area contributed by atoms with Crippen LogP contribution in [0.15, 0.2) is 18.2 Å². The minimum absolute atomic E-state index is 0.0101. The molecule has 12 heteroatoms. The van der Waals surface area contributed by atoms with Crippen LogP contribution < -0.4 is 9.46 Å². The molecule has 0 unspecified atom stereocenters. The molecule has 1 amide bonds. The Morgan fingerprint density at radius 2 is 1.91 bits per heavy atom. The van der Waals surface area contributed by atoms with Crippen LogP contribution in [0, 0.1) is 5.92 Å². The van der Waals surface area contributed by atoms with Gasteiger partial charge in [-0.15, -0.1) is 0 Å². The third kappa shape index (κ3) is 8.02. The van der Waals surface area contributed by atoms with Gasteiger partial charge < -0.3 is 14.4 Å². The number of fused-ring (bicyclic) bond motifs is 1. The molecule has 8 nitrogen and oxygen atoms in total. The number of nitrogens with zero attached hydrogens (tertiary/aromatic N) is 2. The fourth-order valence-corrected chi connectivity index (χ4v) is 4.37. The lowest BCUT2D eigenvalue weighted by Gasteiger charge is -2.36. The number of amides is 1. The molecule has 1 heterocycles. The molecule has 1 aliphatic rings. The van der Waals surface area contributed by atoms with Gasteiger partial charge >= 0.3 is 6.18 Å². The van der Waals surface area contributed by atoms with Crippen molar-refractivity contribution in [3.8, 4) is 5.75 Å². The first-order valence-electron chi connectivity index (χ1n) is 11.1. The van der Waals surface area contributed by atoms with Gasteiger partial charge in [-0.3, -0.25) is 14.4 Å². The minimum Gasteiger partial charge on any atom is -0.491 e. The van der Waals surface area contributed by atoms with Crippen LogP contribution in [0.5, 0.6) is 5.75 Å². The van der Waals surface area contributed by atoms with E-state index in [-0.39, 0.29) is 54.3 Å². The Balaban J connectivity index is 2.42. The van der Waals surface area contributed by atoms with Crippen LogP contribution in [0.4, 0.5) is 18.9 Å². The second-order valence-electron chi connectivity index (χ2n) is 8.67. The summed E-state index contributed by atoms with van der Waals surface area (Å²) < 4.78 is 76.7. The van der Waals surface area contributed by atoms with Crippen LogP contribution in [-0.2, 0) is 14.8 Å². The predicted octanol–water partition coefficient (Wildman–Crippen LogP) is 3.21. The van der Waals surface area contributed by atoms with E-state index in [4.69, 9.17) is 9.47 Å². The zero-order valence-corrected chi connectivity index (χ0v) is 21.0. The van der Waals surface area contributed by atoms with E-state index < -0.39 is 34.8 Å². The number of benzene rings is 1. The molecule has 1 aromatic rings. The number of sulfonamides is 1. The number of nitrogens with one attached hydrogen (secondary N) is 1. The van der Waals surface area contributed by atoms with Gasteiger partial charge in [0.1, 0.15) is 12.4 Å². The SMILES string of the molecule is CCS(=O)(=O)Nc1ccc2c(c1)OC[C@@H](C)N(CCC(F)(F)F)C[C@@H](C)[C@H](OC)CN(C)C2=O. The Morgan fingerprint density at radius 3 is 2.50 bits per heavy atom. The van der Waals surface area contributed by atoms with E-state index in [1.807, 2.05) is 6.92 Å². The number of hydrogen-bond acceptors (Lipinski definition) is 6. The molecule has 0 bridgehead atoms. The maximum absolute atomic E-state index is 13.1. The first kappa shape index (κ1) is 28.2. The topological polar surface area (TPSA) is 88.2 Å². The molecule has 0 aromatic heterocycles. The number of ether oxygens (including phenoxy) is 2. The first-order chi connectivity index (χ1) is 15.8. The van der Waals surface area contributed by atoms with Crippen LogP contribution >= 0.6 is 0 Å². The Hall–Kier alpha value is -2.05. The van der Waals surface area contributed by atoms with E-state index in [0.717, 1.165) is 0 Å². The highest BCUT2D eigenvalue weighted by Crippen LogP contribution is 2.28. The summed E-state index contributed by atoms with van der Waals surface area (Å²) in [5.74, 6) is -0.468. The summed E-state index contributed by atoms with van der Waals surface area (Å²) in [4.78, 5) is 16.3.